The van der Waals surface area contributed by atoms with Crippen molar-refractivity contribution in [2.24, 2.45) is 5.10 Å². The topological polar surface area (TPSA) is 44.7 Å². The van der Waals surface area contributed by atoms with Crippen LogP contribution in [0.3, 0.4) is 0 Å². The lowest BCUT2D eigenvalue weighted by atomic mass is 9.79. The van der Waals surface area contributed by atoms with E-state index < -0.39 is 0 Å². The lowest BCUT2D eigenvalue weighted by molar-refractivity contribution is 0.0955. The fraction of sp³-hybridized carbons (Fsp3) is 0.364. The Labute approximate surface area is 176 Å². The summed E-state index contributed by atoms with van der Waals surface area (Å²) in [6.07, 6.45) is 2.76. The van der Waals surface area contributed by atoms with E-state index in [0.717, 1.165) is 18.5 Å². The van der Waals surface area contributed by atoms with Crippen LogP contribution in [0, 0.1) is 0 Å². The van der Waals surface area contributed by atoms with E-state index in [1.807, 2.05) is 6.07 Å². The molecule has 1 N–H and O–H groups in total. The van der Waals surface area contributed by atoms with Crippen LogP contribution in [-0.4, -0.2) is 24.2 Å². The molecule has 0 bridgehead atoms. The Bertz CT molecular complexity index is 924. The highest BCUT2D eigenvalue weighted by Gasteiger charge is 2.35. The molecule has 0 saturated heterocycles. The maximum atomic E-state index is 12.2. The summed E-state index contributed by atoms with van der Waals surface area (Å²) in [5.74, 6) is 0.131. The van der Waals surface area contributed by atoms with E-state index in [1.54, 1.807) is 18.3 Å². The van der Waals surface area contributed by atoms with Gasteiger partial charge in [-0.05, 0) is 74.6 Å². The number of rotatable bonds is 4. The molecule has 0 saturated carbocycles. The number of fused-ring (bicyclic) bond motifs is 1. The highest BCUT2D eigenvalue weighted by molar-refractivity contribution is 6.42. The number of amides is 1. The van der Waals surface area contributed by atoms with Crippen molar-refractivity contribution < 1.29 is 4.79 Å². The van der Waals surface area contributed by atoms with Crippen LogP contribution < -0.4 is 10.3 Å². The van der Waals surface area contributed by atoms with Gasteiger partial charge >= 0.3 is 0 Å². The second kappa shape index (κ2) is 8.14. The molecule has 1 unspecified atom stereocenters. The zero-order chi connectivity index (χ0) is 20.5. The molecule has 0 radical (unpaired) electrons. The van der Waals surface area contributed by atoms with Crippen molar-refractivity contribution in [3.63, 3.8) is 0 Å². The summed E-state index contributed by atoms with van der Waals surface area (Å²) < 4.78 is 0. The number of carbonyl (C=O) groups is 1. The van der Waals surface area contributed by atoms with Gasteiger partial charge in [0.05, 0.1) is 16.3 Å². The monoisotopic (exact) mass is 417 g/mol. The number of benzene rings is 2. The van der Waals surface area contributed by atoms with E-state index in [1.165, 1.54) is 17.3 Å². The summed E-state index contributed by atoms with van der Waals surface area (Å²) in [6, 6.07) is 11.1. The largest absolute Gasteiger partial charge is 0.366 e. The molecular weight excluding hydrogens is 393 g/mol. The molecule has 3 rings (SSSR count). The molecule has 28 heavy (non-hydrogen) atoms. The van der Waals surface area contributed by atoms with Crippen LogP contribution in [0.25, 0.3) is 0 Å². The maximum absolute atomic E-state index is 12.2. The van der Waals surface area contributed by atoms with Crippen molar-refractivity contribution >= 4 is 41.0 Å². The molecule has 1 aliphatic heterocycles. The summed E-state index contributed by atoms with van der Waals surface area (Å²) >= 11 is 11.8. The molecule has 1 heterocycles. The average Bonchev–Trinajstić information content (AvgIpc) is 2.64. The molecule has 0 fully saturated rings. The number of nitrogens with one attached hydrogen (secondary N) is 1. The third-order valence-electron chi connectivity index (χ3n) is 5.29. The van der Waals surface area contributed by atoms with Crippen molar-refractivity contribution in [3.05, 3.63) is 63.1 Å². The van der Waals surface area contributed by atoms with E-state index in [9.17, 15) is 4.79 Å². The van der Waals surface area contributed by atoms with Gasteiger partial charge in [0.1, 0.15) is 0 Å². The van der Waals surface area contributed by atoms with Gasteiger partial charge in [-0.25, -0.2) is 5.43 Å². The van der Waals surface area contributed by atoms with Gasteiger partial charge in [0, 0.05) is 23.3 Å². The lowest BCUT2D eigenvalue weighted by Crippen LogP contribution is -2.48. The van der Waals surface area contributed by atoms with E-state index in [0.29, 0.717) is 21.5 Å². The van der Waals surface area contributed by atoms with E-state index in [4.69, 9.17) is 23.2 Å². The quantitative estimate of drug-likeness (QED) is 0.499. The minimum Gasteiger partial charge on any atom is -0.366 e. The number of anilines is 1. The van der Waals surface area contributed by atoms with Crippen molar-refractivity contribution in [3.8, 4) is 0 Å². The van der Waals surface area contributed by atoms with Crippen molar-refractivity contribution in [2.45, 2.75) is 45.6 Å². The van der Waals surface area contributed by atoms with Gasteiger partial charge in [-0.1, -0.05) is 36.2 Å². The van der Waals surface area contributed by atoms with Gasteiger partial charge in [0.25, 0.3) is 5.91 Å². The number of hydrazone groups is 1. The molecule has 1 aliphatic rings. The molecule has 6 heteroatoms. The Balaban J connectivity index is 1.76. The third-order valence-corrected chi connectivity index (χ3v) is 6.03. The fourth-order valence-corrected chi connectivity index (χ4v) is 4.35. The van der Waals surface area contributed by atoms with Gasteiger partial charge in [-0.15, -0.1) is 0 Å². The summed E-state index contributed by atoms with van der Waals surface area (Å²) in [5.41, 5.74) is 6.64. The Morgan fingerprint density at radius 1 is 1.25 bits per heavy atom. The molecule has 0 aromatic heterocycles. The molecule has 4 nitrogen and oxygen atoms in total. The first-order chi connectivity index (χ1) is 13.2. The normalized spacial score (nSPS) is 18.2. The molecule has 1 amide bonds. The number of hydrogen-bond acceptors (Lipinski definition) is 3. The second-order valence-electron chi connectivity index (χ2n) is 7.81. The van der Waals surface area contributed by atoms with Gasteiger partial charge in [0.2, 0.25) is 0 Å². The van der Waals surface area contributed by atoms with Gasteiger partial charge in [-0.2, -0.15) is 5.10 Å². The zero-order valence-electron chi connectivity index (χ0n) is 16.6. The van der Waals surface area contributed by atoms with E-state index >= 15 is 0 Å². The van der Waals surface area contributed by atoms with Gasteiger partial charge in [-0.3, -0.25) is 4.79 Å². The van der Waals surface area contributed by atoms with Crippen LogP contribution in [0.5, 0.6) is 0 Å². The Kier molecular flexibility index (Phi) is 6.01. The molecule has 2 aromatic carbocycles. The third kappa shape index (κ3) is 4.18. The molecule has 2 aromatic rings. The number of nitrogens with zero attached hydrogens (tertiary/aromatic N) is 2. The first-order valence-corrected chi connectivity index (χ1v) is 10.2. The Morgan fingerprint density at radius 2 is 2.00 bits per heavy atom. The zero-order valence-corrected chi connectivity index (χ0v) is 18.1. The average molecular weight is 418 g/mol. The van der Waals surface area contributed by atoms with Crippen LogP contribution >= 0.6 is 23.2 Å². The van der Waals surface area contributed by atoms with E-state index in [-0.39, 0.29) is 11.4 Å². The molecule has 148 valence electrons. The minimum atomic E-state index is -0.333. The lowest BCUT2D eigenvalue weighted by Gasteiger charge is -2.47. The highest BCUT2D eigenvalue weighted by atomic mass is 35.5. The SMILES string of the molecule is CCN1c2ccc(/C=N\NC(=O)c3ccc(Cl)c(Cl)c3)cc2C(C)CC1(C)C. The fourth-order valence-electron chi connectivity index (χ4n) is 4.06. The minimum absolute atomic E-state index is 0.143. The van der Waals surface area contributed by atoms with Crippen molar-refractivity contribution in [1.82, 2.24) is 5.43 Å². The molecule has 0 aliphatic carbocycles. The predicted octanol–water partition coefficient (Wildman–Crippen LogP) is 5.87. The molecule has 1 atom stereocenters. The Hall–Kier alpha value is -2.04. The number of hydrogen-bond donors (Lipinski definition) is 1. The smallest absolute Gasteiger partial charge is 0.271 e. The van der Waals surface area contributed by atoms with Crippen LogP contribution in [0.1, 0.15) is 61.5 Å². The van der Waals surface area contributed by atoms with Crippen molar-refractivity contribution in [2.75, 3.05) is 11.4 Å². The second-order valence-corrected chi connectivity index (χ2v) is 8.62. The molecule has 0 spiro atoms. The molecular formula is C22H25Cl2N3O. The summed E-state index contributed by atoms with van der Waals surface area (Å²) in [7, 11) is 0. The number of halogens is 2. The van der Waals surface area contributed by atoms with E-state index in [2.05, 4.69) is 55.3 Å². The number of carbonyl (C=O) groups excluding carboxylic acids is 1. The van der Waals surface area contributed by atoms with Crippen molar-refractivity contribution in [1.29, 1.82) is 0 Å². The van der Waals surface area contributed by atoms with Gasteiger partial charge in [0.15, 0.2) is 0 Å². The van der Waals surface area contributed by atoms with Crippen LogP contribution in [0.4, 0.5) is 5.69 Å². The Morgan fingerprint density at radius 3 is 2.68 bits per heavy atom. The highest BCUT2D eigenvalue weighted by Crippen LogP contribution is 2.43. The van der Waals surface area contributed by atoms with Crippen LogP contribution in [0.2, 0.25) is 10.0 Å². The summed E-state index contributed by atoms with van der Waals surface area (Å²) in [4.78, 5) is 14.7. The first kappa shape index (κ1) is 20.7. The van der Waals surface area contributed by atoms with Gasteiger partial charge < -0.3 is 4.90 Å². The van der Waals surface area contributed by atoms with Crippen LogP contribution in [-0.2, 0) is 0 Å². The summed E-state index contributed by atoms with van der Waals surface area (Å²) in [5, 5.41) is 4.85. The summed E-state index contributed by atoms with van der Waals surface area (Å²) in [6.45, 7) is 10.0. The predicted molar refractivity (Wildman–Crippen MR) is 118 cm³/mol. The first-order valence-electron chi connectivity index (χ1n) is 9.43. The standard InChI is InChI=1S/C22H25Cl2N3O/c1-5-27-20-9-6-15(10-17(20)14(2)12-22(27,3)4)13-25-26-21(28)16-7-8-18(23)19(24)11-16/h6-11,13-14H,5,12H2,1-4H3,(H,26,28)/b25-13-. The van der Waals surface area contributed by atoms with Crippen LogP contribution in [0.15, 0.2) is 41.5 Å². The maximum Gasteiger partial charge on any atom is 0.271 e.